The normalized spacial score (nSPS) is 19.4. The summed E-state index contributed by atoms with van der Waals surface area (Å²) in [6.07, 6.45) is 10.5. The topological polar surface area (TPSA) is 65.1 Å². The van der Waals surface area contributed by atoms with Crippen molar-refractivity contribution in [3.8, 4) is 0 Å². The Morgan fingerprint density at radius 3 is 2.85 bits per heavy atom. The van der Waals surface area contributed by atoms with Crippen LogP contribution in [0.2, 0.25) is 0 Å². The van der Waals surface area contributed by atoms with Crippen LogP contribution in [0.4, 0.5) is 0 Å². The highest BCUT2D eigenvalue weighted by Gasteiger charge is 2.18. The zero-order chi connectivity index (χ0) is 14.4. The zero-order valence-electron chi connectivity index (χ0n) is 12.7. The maximum atomic E-state index is 5.65. The van der Waals surface area contributed by atoms with E-state index in [1.165, 1.54) is 25.7 Å². The molecule has 114 valence electrons. The van der Waals surface area contributed by atoms with Crippen LogP contribution >= 0.6 is 0 Å². The van der Waals surface area contributed by atoms with Crippen molar-refractivity contribution in [2.24, 2.45) is 5.84 Å². The van der Waals surface area contributed by atoms with Gasteiger partial charge in [-0.05, 0) is 38.7 Å². The SMILES string of the molecule is COC(C)CCC(Cc1ccn(C2CCCC2)n1)NN. The Balaban J connectivity index is 1.84. The third kappa shape index (κ3) is 4.30. The third-order valence-electron chi connectivity index (χ3n) is 4.38. The predicted molar refractivity (Wildman–Crippen MR) is 80.3 cm³/mol. The summed E-state index contributed by atoms with van der Waals surface area (Å²) in [5.74, 6) is 5.65. The average Bonchev–Trinajstić information content (AvgIpc) is 3.13. The number of nitrogens with two attached hydrogens (primary N) is 1. The Bertz CT molecular complexity index is 387. The first kappa shape index (κ1) is 15.5. The summed E-state index contributed by atoms with van der Waals surface area (Å²) in [4.78, 5) is 0. The van der Waals surface area contributed by atoms with E-state index in [1.54, 1.807) is 7.11 Å². The van der Waals surface area contributed by atoms with Gasteiger partial charge in [0, 0.05) is 25.8 Å². The first-order valence-electron chi connectivity index (χ1n) is 7.76. The fraction of sp³-hybridized carbons (Fsp3) is 0.800. The van der Waals surface area contributed by atoms with Crippen LogP contribution in [0, 0.1) is 0 Å². The van der Waals surface area contributed by atoms with Crippen LogP contribution in [-0.2, 0) is 11.2 Å². The number of nitrogens with one attached hydrogen (secondary N) is 1. The van der Waals surface area contributed by atoms with Gasteiger partial charge in [0.15, 0.2) is 0 Å². The molecule has 0 aromatic carbocycles. The molecule has 2 atom stereocenters. The fourth-order valence-electron chi connectivity index (χ4n) is 2.91. The van der Waals surface area contributed by atoms with Crippen molar-refractivity contribution in [2.45, 2.75) is 70.1 Å². The molecule has 20 heavy (non-hydrogen) atoms. The second-order valence-corrected chi connectivity index (χ2v) is 5.92. The number of nitrogens with zero attached hydrogens (tertiary/aromatic N) is 2. The Labute approximate surface area is 121 Å². The van der Waals surface area contributed by atoms with Gasteiger partial charge in [0.1, 0.15) is 0 Å². The van der Waals surface area contributed by atoms with Crippen LogP contribution in [0.25, 0.3) is 0 Å². The molecule has 5 nitrogen and oxygen atoms in total. The molecule has 0 radical (unpaired) electrons. The molecule has 2 rings (SSSR count). The molecular weight excluding hydrogens is 252 g/mol. The van der Waals surface area contributed by atoms with Gasteiger partial charge in [0.2, 0.25) is 0 Å². The molecule has 1 fully saturated rings. The summed E-state index contributed by atoms with van der Waals surface area (Å²) in [6, 6.07) is 3.00. The van der Waals surface area contributed by atoms with E-state index in [1.807, 2.05) is 0 Å². The van der Waals surface area contributed by atoms with Gasteiger partial charge in [-0.25, -0.2) is 0 Å². The first-order valence-corrected chi connectivity index (χ1v) is 7.76. The highest BCUT2D eigenvalue weighted by atomic mass is 16.5. The van der Waals surface area contributed by atoms with E-state index in [-0.39, 0.29) is 12.1 Å². The van der Waals surface area contributed by atoms with Gasteiger partial charge in [-0.1, -0.05) is 12.8 Å². The number of hydrazine groups is 1. The lowest BCUT2D eigenvalue weighted by Crippen LogP contribution is -2.37. The molecule has 0 aliphatic heterocycles. The molecule has 1 heterocycles. The summed E-state index contributed by atoms with van der Waals surface area (Å²) in [7, 11) is 1.75. The maximum Gasteiger partial charge on any atom is 0.0640 e. The third-order valence-corrected chi connectivity index (χ3v) is 4.38. The lowest BCUT2D eigenvalue weighted by Gasteiger charge is -2.17. The van der Waals surface area contributed by atoms with E-state index in [9.17, 15) is 0 Å². The van der Waals surface area contributed by atoms with Crippen LogP contribution in [0.15, 0.2) is 12.3 Å². The van der Waals surface area contributed by atoms with Gasteiger partial charge < -0.3 is 4.74 Å². The minimum Gasteiger partial charge on any atom is -0.382 e. The zero-order valence-corrected chi connectivity index (χ0v) is 12.7. The van der Waals surface area contributed by atoms with Gasteiger partial charge in [-0.15, -0.1) is 0 Å². The van der Waals surface area contributed by atoms with E-state index in [4.69, 9.17) is 15.7 Å². The van der Waals surface area contributed by atoms with Crippen molar-refractivity contribution in [1.82, 2.24) is 15.2 Å². The van der Waals surface area contributed by atoms with Gasteiger partial charge in [0.25, 0.3) is 0 Å². The first-order chi connectivity index (χ1) is 9.72. The Morgan fingerprint density at radius 1 is 1.45 bits per heavy atom. The van der Waals surface area contributed by atoms with Crippen molar-refractivity contribution in [3.63, 3.8) is 0 Å². The highest BCUT2D eigenvalue weighted by Crippen LogP contribution is 2.28. The minimum atomic E-state index is 0.263. The maximum absolute atomic E-state index is 5.65. The van der Waals surface area contributed by atoms with Crippen LogP contribution in [0.3, 0.4) is 0 Å². The molecule has 1 aromatic heterocycles. The molecule has 1 aliphatic carbocycles. The van der Waals surface area contributed by atoms with E-state index >= 15 is 0 Å². The van der Waals surface area contributed by atoms with E-state index in [2.05, 4.69) is 29.3 Å². The number of hydrogen-bond acceptors (Lipinski definition) is 4. The largest absolute Gasteiger partial charge is 0.382 e. The summed E-state index contributed by atoms with van der Waals surface area (Å²) >= 11 is 0. The predicted octanol–water partition coefficient (Wildman–Crippen LogP) is 2.19. The summed E-state index contributed by atoms with van der Waals surface area (Å²) in [5.41, 5.74) is 4.03. The van der Waals surface area contributed by atoms with Crippen LogP contribution in [0.1, 0.15) is 57.2 Å². The second-order valence-electron chi connectivity index (χ2n) is 5.92. The Kier molecular flexibility index (Phi) is 6.01. The molecule has 1 saturated carbocycles. The Hall–Kier alpha value is -0.910. The standard InChI is InChI=1S/C15H28N4O/c1-12(20-2)7-8-13(17-16)11-14-9-10-19(18-14)15-5-3-4-6-15/h9-10,12-13,15,17H,3-8,11,16H2,1-2H3. The van der Waals surface area contributed by atoms with E-state index in [0.29, 0.717) is 6.04 Å². The van der Waals surface area contributed by atoms with Crippen molar-refractivity contribution in [1.29, 1.82) is 0 Å². The summed E-state index contributed by atoms with van der Waals surface area (Å²) in [6.45, 7) is 2.09. The minimum absolute atomic E-state index is 0.263. The van der Waals surface area contributed by atoms with Gasteiger partial charge in [-0.2, -0.15) is 5.10 Å². The summed E-state index contributed by atoms with van der Waals surface area (Å²) < 4.78 is 7.43. The van der Waals surface area contributed by atoms with Crippen LogP contribution < -0.4 is 11.3 Å². The molecule has 1 aromatic rings. The van der Waals surface area contributed by atoms with Crippen molar-refractivity contribution in [2.75, 3.05) is 7.11 Å². The van der Waals surface area contributed by atoms with Crippen molar-refractivity contribution < 1.29 is 4.74 Å². The molecule has 1 aliphatic rings. The second kappa shape index (κ2) is 7.76. The average molecular weight is 280 g/mol. The molecule has 0 amide bonds. The lowest BCUT2D eigenvalue weighted by molar-refractivity contribution is 0.106. The Morgan fingerprint density at radius 2 is 2.20 bits per heavy atom. The van der Waals surface area contributed by atoms with Crippen LogP contribution in [0.5, 0.6) is 0 Å². The molecule has 0 spiro atoms. The van der Waals surface area contributed by atoms with E-state index < -0.39 is 0 Å². The molecule has 0 bridgehead atoms. The highest BCUT2D eigenvalue weighted by molar-refractivity contribution is 5.02. The number of methoxy groups -OCH3 is 1. The number of rotatable bonds is 8. The number of ether oxygens (including phenoxy) is 1. The van der Waals surface area contributed by atoms with Crippen LogP contribution in [-0.4, -0.2) is 29.0 Å². The molecule has 0 saturated heterocycles. The van der Waals surface area contributed by atoms with Gasteiger partial charge >= 0.3 is 0 Å². The number of hydrogen-bond donors (Lipinski definition) is 2. The van der Waals surface area contributed by atoms with Crippen molar-refractivity contribution in [3.05, 3.63) is 18.0 Å². The van der Waals surface area contributed by atoms with Crippen molar-refractivity contribution >= 4 is 0 Å². The lowest BCUT2D eigenvalue weighted by atomic mass is 10.0. The van der Waals surface area contributed by atoms with E-state index in [0.717, 1.165) is 25.0 Å². The summed E-state index contributed by atoms with van der Waals surface area (Å²) in [5, 5.41) is 4.72. The molecule has 5 heteroatoms. The fourth-order valence-corrected chi connectivity index (χ4v) is 2.91. The van der Waals surface area contributed by atoms with Gasteiger partial charge in [0.05, 0.1) is 17.8 Å². The smallest absolute Gasteiger partial charge is 0.0640 e. The monoisotopic (exact) mass is 280 g/mol. The molecular formula is C15H28N4O. The number of aromatic nitrogens is 2. The molecule has 2 unspecified atom stereocenters. The molecule has 3 N–H and O–H groups in total. The van der Waals surface area contributed by atoms with Gasteiger partial charge in [-0.3, -0.25) is 16.0 Å². The quantitative estimate of drug-likeness (QED) is 0.566.